The van der Waals surface area contributed by atoms with E-state index in [2.05, 4.69) is 15.6 Å². The van der Waals surface area contributed by atoms with Crippen LogP contribution >= 0.6 is 0 Å². The van der Waals surface area contributed by atoms with Gasteiger partial charge in [0.05, 0.1) is 12.2 Å². The van der Waals surface area contributed by atoms with Gasteiger partial charge >= 0.3 is 12.2 Å². The molecule has 1 aliphatic rings. The minimum absolute atomic E-state index is 0.140. The number of alkyl halides is 3. The summed E-state index contributed by atoms with van der Waals surface area (Å²) in [5.74, 6) is -0.143. The highest BCUT2D eigenvalue weighted by Crippen LogP contribution is 2.30. The summed E-state index contributed by atoms with van der Waals surface area (Å²) in [6, 6.07) is 1.05. The number of halogens is 3. The van der Waals surface area contributed by atoms with E-state index in [4.69, 9.17) is 4.74 Å². The van der Waals surface area contributed by atoms with Gasteiger partial charge in [-0.3, -0.25) is 5.32 Å². The Hall–Kier alpha value is -1.83. The number of carbonyl (C=O) groups excluding carboxylic acids is 1. The van der Waals surface area contributed by atoms with E-state index in [-0.39, 0.29) is 11.2 Å². The number of hydrogen-bond acceptors (Lipinski definition) is 3. The van der Waals surface area contributed by atoms with E-state index in [0.29, 0.717) is 19.8 Å². The van der Waals surface area contributed by atoms with Gasteiger partial charge in [-0.15, -0.1) is 0 Å². The van der Waals surface area contributed by atoms with Crippen molar-refractivity contribution < 1.29 is 22.7 Å². The molecule has 0 bridgehead atoms. The molecule has 0 spiro atoms. The molecule has 116 valence electrons. The van der Waals surface area contributed by atoms with Crippen molar-refractivity contribution in [2.45, 2.75) is 19.5 Å². The molecule has 0 aliphatic carbocycles. The first-order valence-corrected chi connectivity index (χ1v) is 6.44. The maximum atomic E-state index is 12.5. The molecule has 21 heavy (non-hydrogen) atoms. The van der Waals surface area contributed by atoms with Crippen LogP contribution in [-0.4, -0.2) is 30.8 Å². The molecule has 2 N–H and O–H groups in total. The summed E-state index contributed by atoms with van der Waals surface area (Å²) in [6.07, 6.45) is -2.63. The van der Waals surface area contributed by atoms with Crippen LogP contribution in [0.4, 0.5) is 23.8 Å². The van der Waals surface area contributed by atoms with Crippen LogP contribution in [0.1, 0.15) is 18.9 Å². The lowest BCUT2D eigenvalue weighted by molar-refractivity contribution is -0.137. The van der Waals surface area contributed by atoms with Gasteiger partial charge < -0.3 is 10.1 Å². The molecule has 1 aromatic heterocycles. The van der Waals surface area contributed by atoms with E-state index in [1.807, 2.05) is 6.92 Å². The third kappa shape index (κ3) is 4.32. The number of urea groups is 1. The van der Waals surface area contributed by atoms with Gasteiger partial charge in [0.2, 0.25) is 0 Å². The Morgan fingerprint density at radius 2 is 2.29 bits per heavy atom. The summed E-state index contributed by atoms with van der Waals surface area (Å²) in [7, 11) is 0. The third-order valence-electron chi connectivity index (χ3n) is 3.31. The second-order valence-corrected chi connectivity index (χ2v) is 5.35. The topological polar surface area (TPSA) is 63.2 Å². The predicted molar refractivity (Wildman–Crippen MR) is 69.8 cm³/mol. The van der Waals surface area contributed by atoms with Gasteiger partial charge in [0.15, 0.2) is 0 Å². The van der Waals surface area contributed by atoms with Crippen LogP contribution in [0.3, 0.4) is 0 Å². The largest absolute Gasteiger partial charge is 0.416 e. The van der Waals surface area contributed by atoms with Gasteiger partial charge in [0, 0.05) is 24.8 Å². The van der Waals surface area contributed by atoms with E-state index in [0.717, 1.165) is 24.8 Å². The molecule has 1 fully saturated rings. The first-order chi connectivity index (χ1) is 9.78. The van der Waals surface area contributed by atoms with Crippen molar-refractivity contribution in [2.24, 2.45) is 5.41 Å². The average molecular weight is 303 g/mol. The first-order valence-electron chi connectivity index (χ1n) is 6.44. The molecule has 1 aliphatic heterocycles. The van der Waals surface area contributed by atoms with Gasteiger partial charge in [-0.2, -0.15) is 13.2 Å². The van der Waals surface area contributed by atoms with E-state index < -0.39 is 17.8 Å². The van der Waals surface area contributed by atoms with Crippen LogP contribution < -0.4 is 10.6 Å². The fourth-order valence-electron chi connectivity index (χ4n) is 1.98. The Bertz CT molecular complexity index is 514. The van der Waals surface area contributed by atoms with Crippen LogP contribution in [0, 0.1) is 5.41 Å². The number of pyridine rings is 1. The zero-order valence-corrected chi connectivity index (χ0v) is 11.5. The lowest BCUT2D eigenvalue weighted by atomic mass is 9.90. The molecule has 1 unspecified atom stereocenters. The Labute approximate surface area is 119 Å². The van der Waals surface area contributed by atoms with E-state index >= 15 is 0 Å². The highest BCUT2D eigenvalue weighted by atomic mass is 19.4. The van der Waals surface area contributed by atoms with Crippen LogP contribution in [0.15, 0.2) is 18.3 Å². The lowest BCUT2D eigenvalue weighted by Gasteiger charge is -2.21. The highest BCUT2D eigenvalue weighted by Gasteiger charge is 2.31. The average Bonchev–Trinajstić information content (AvgIpc) is 2.83. The quantitative estimate of drug-likeness (QED) is 0.902. The van der Waals surface area contributed by atoms with E-state index in [1.54, 1.807) is 0 Å². The Balaban J connectivity index is 1.91. The molecule has 1 saturated heterocycles. The number of nitrogens with one attached hydrogen (secondary N) is 2. The van der Waals surface area contributed by atoms with Crippen LogP contribution in [0.2, 0.25) is 0 Å². The maximum Gasteiger partial charge on any atom is 0.416 e. The van der Waals surface area contributed by atoms with Crippen molar-refractivity contribution in [1.29, 1.82) is 0 Å². The summed E-state index contributed by atoms with van der Waals surface area (Å²) in [4.78, 5) is 15.4. The van der Waals surface area contributed by atoms with Crippen LogP contribution in [-0.2, 0) is 10.9 Å². The van der Waals surface area contributed by atoms with Crippen molar-refractivity contribution in [1.82, 2.24) is 10.3 Å². The Morgan fingerprint density at radius 3 is 2.90 bits per heavy atom. The number of carbonyl (C=O) groups is 1. The molecule has 1 atom stereocenters. The van der Waals surface area contributed by atoms with Crippen LogP contribution in [0.5, 0.6) is 0 Å². The molecule has 2 heterocycles. The fraction of sp³-hybridized carbons (Fsp3) is 0.538. The highest BCUT2D eigenvalue weighted by molar-refractivity contribution is 5.88. The molecule has 5 nitrogen and oxygen atoms in total. The number of nitrogens with zero attached hydrogens (tertiary/aromatic N) is 1. The number of rotatable bonds is 3. The SMILES string of the molecule is CC1(CNC(=O)Nc2cc(C(F)(F)F)ccn2)CCOC1. The standard InChI is InChI=1S/C13H16F3N3O2/c1-12(3-5-21-8-12)7-18-11(20)19-10-6-9(2-4-17-10)13(14,15)16/h2,4,6H,3,5,7-8H2,1H3,(H2,17,18,19,20). The number of ether oxygens (including phenoxy) is 1. The normalized spacial score (nSPS) is 22.1. The molecular formula is C13H16F3N3O2. The molecule has 8 heteroatoms. The number of anilines is 1. The predicted octanol–water partition coefficient (Wildman–Crippen LogP) is 2.65. The molecule has 0 saturated carbocycles. The third-order valence-corrected chi connectivity index (χ3v) is 3.31. The Kier molecular flexibility index (Phi) is 4.36. The van der Waals surface area contributed by atoms with Crippen molar-refractivity contribution in [3.63, 3.8) is 0 Å². The summed E-state index contributed by atoms with van der Waals surface area (Å²) < 4.78 is 42.9. The smallest absolute Gasteiger partial charge is 0.381 e. The maximum absolute atomic E-state index is 12.5. The van der Waals surface area contributed by atoms with Crippen molar-refractivity contribution in [3.8, 4) is 0 Å². The second-order valence-electron chi connectivity index (χ2n) is 5.35. The molecule has 0 aromatic carbocycles. The van der Waals surface area contributed by atoms with Gasteiger partial charge in [-0.1, -0.05) is 6.92 Å². The molecule has 2 rings (SSSR count). The Morgan fingerprint density at radius 1 is 1.52 bits per heavy atom. The van der Waals surface area contributed by atoms with E-state index in [1.165, 1.54) is 0 Å². The summed E-state index contributed by atoms with van der Waals surface area (Å²) in [5, 5.41) is 4.91. The van der Waals surface area contributed by atoms with Gasteiger partial charge in [0.25, 0.3) is 0 Å². The molecule has 2 amide bonds. The van der Waals surface area contributed by atoms with Crippen molar-refractivity contribution in [2.75, 3.05) is 25.1 Å². The second kappa shape index (κ2) is 5.88. The number of hydrogen-bond donors (Lipinski definition) is 2. The zero-order chi connectivity index (χ0) is 15.5. The molecule has 1 aromatic rings. The number of amides is 2. The lowest BCUT2D eigenvalue weighted by Crippen LogP contribution is -2.38. The zero-order valence-electron chi connectivity index (χ0n) is 11.5. The number of aromatic nitrogens is 1. The van der Waals surface area contributed by atoms with Crippen LogP contribution in [0.25, 0.3) is 0 Å². The van der Waals surface area contributed by atoms with Crippen molar-refractivity contribution in [3.05, 3.63) is 23.9 Å². The fourth-order valence-corrected chi connectivity index (χ4v) is 1.98. The monoisotopic (exact) mass is 303 g/mol. The van der Waals surface area contributed by atoms with Gasteiger partial charge in [-0.25, -0.2) is 9.78 Å². The molecule has 0 radical (unpaired) electrons. The minimum Gasteiger partial charge on any atom is -0.381 e. The van der Waals surface area contributed by atoms with Gasteiger partial charge in [0.1, 0.15) is 5.82 Å². The molecular weight excluding hydrogens is 287 g/mol. The van der Waals surface area contributed by atoms with Gasteiger partial charge in [-0.05, 0) is 18.6 Å². The summed E-state index contributed by atoms with van der Waals surface area (Å²) in [5.41, 5.74) is -0.998. The summed E-state index contributed by atoms with van der Waals surface area (Å²) >= 11 is 0. The van der Waals surface area contributed by atoms with Crippen molar-refractivity contribution >= 4 is 11.8 Å². The summed E-state index contributed by atoms with van der Waals surface area (Å²) in [6.45, 7) is 3.56. The minimum atomic E-state index is -4.47. The first kappa shape index (κ1) is 15.6. The van der Waals surface area contributed by atoms with E-state index in [9.17, 15) is 18.0 Å².